The van der Waals surface area contributed by atoms with Crippen LogP contribution in [0.5, 0.6) is 0 Å². The molecule has 1 atom stereocenters. The molecule has 0 saturated heterocycles. The van der Waals surface area contributed by atoms with Gasteiger partial charge in [0.1, 0.15) is 5.92 Å². The molecule has 5 heteroatoms. The second-order valence-electron chi connectivity index (χ2n) is 4.08. The minimum absolute atomic E-state index is 0.211. The average molecular weight is 234 g/mol. The van der Waals surface area contributed by atoms with Gasteiger partial charge in [0.25, 0.3) is 0 Å². The lowest BCUT2D eigenvalue weighted by Gasteiger charge is -2.08. The Balaban J connectivity index is 2.68. The number of hydrogen-bond acceptors (Lipinski definition) is 3. The zero-order valence-electron chi connectivity index (χ0n) is 10.7. The van der Waals surface area contributed by atoms with Gasteiger partial charge in [-0.3, -0.25) is 9.48 Å². The highest BCUT2D eigenvalue weighted by Crippen LogP contribution is 2.11. The fourth-order valence-electron chi connectivity index (χ4n) is 1.71. The van der Waals surface area contributed by atoms with Crippen LogP contribution in [-0.2, 0) is 18.4 Å². The van der Waals surface area contributed by atoms with Crippen LogP contribution in [0.15, 0.2) is 0 Å². The molecule has 0 aromatic carbocycles. The molecule has 0 saturated carbocycles. The third-order valence-electron chi connectivity index (χ3n) is 2.98. The quantitative estimate of drug-likeness (QED) is 0.851. The highest BCUT2D eigenvalue weighted by Gasteiger charge is 2.16. The van der Waals surface area contributed by atoms with Crippen molar-refractivity contribution in [2.45, 2.75) is 33.7 Å². The fourth-order valence-corrected chi connectivity index (χ4v) is 1.71. The van der Waals surface area contributed by atoms with E-state index in [4.69, 9.17) is 5.26 Å². The molecule has 1 unspecified atom stereocenters. The zero-order valence-corrected chi connectivity index (χ0v) is 10.7. The number of hydrogen-bond donors (Lipinski definition) is 1. The van der Waals surface area contributed by atoms with Crippen molar-refractivity contribution in [3.63, 3.8) is 0 Å². The van der Waals surface area contributed by atoms with Gasteiger partial charge in [-0.1, -0.05) is 6.92 Å². The Morgan fingerprint density at radius 3 is 2.65 bits per heavy atom. The van der Waals surface area contributed by atoms with Gasteiger partial charge in [0.2, 0.25) is 5.91 Å². The summed E-state index contributed by atoms with van der Waals surface area (Å²) in [7, 11) is 1.87. The molecule has 0 aliphatic carbocycles. The van der Waals surface area contributed by atoms with E-state index < -0.39 is 5.92 Å². The van der Waals surface area contributed by atoms with Gasteiger partial charge in [-0.05, 0) is 20.3 Å². The van der Waals surface area contributed by atoms with Crippen LogP contribution in [0.1, 0.15) is 30.3 Å². The molecule has 5 nitrogen and oxygen atoms in total. The summed E-state index contributed by atoms with van der Waals surface area (Å²) < 4.78 is 1.79. The largest absolute Gasteiger partial charge is 0.351 e. The molecule has 1 aromatic rings. The summed E-state index contributed by atoms with van der Waals surface area (Å²) in [6.07, 6.45) is 0.535. The molecule has 92 valence electrons. The smallest absolute Gasteiger partial charge is 0.237 e. The van der Waals surface area contributed by atoms with Crippen molar-refractivity contribution >= 4 is 5.91 Å². The van der Waals surface area contributed by atoms with Crippen LogP contribution in [0.4, 0.5) is 0 Å². The minimum Gasteiger partial charge on any atom is -0.351 e. The summed E-state index contributed by atoms with van der Waals surface area (Å²) in [4.78, 5) is 11.6. The van der Waals surface area contributed by atoms with Crippen LogP contribution in [-0.4, -0.2) is 15.7 Å². The maximum Gasteiger partial charge on any atom is 0.237 e. The third-order valence-corrected chi connectivity index (χ3v) is 2.98. The van der Waals surface area contributed by atoms with Crippen molar-refractivity contribution in [3.8, 4) is 6.07 Å². The van der Waals surface area contributed by atoms with E-state index in [1.165, 1.54) is 0 Å². The van der Waals surface area contributed by atoms with Gasteiger partial charge in [0.15, 0.2) is 0 Å². The number of nitriles is 1. The molecule has 0 radical (unpaired) electrons. The molecule has 0 spiro atoms. The standard InChI is InChI=1S/C12H18N4O/c1-5-10(6-13)12(17)14-7-11-8(2)15-16(4)9(11)3/h10H,5,7H2,1-4H3,(H,14,17). The fraction of sp³-hybridized carbons (Fsp3) is 0.583. The number of rotatable bonds is 4. The monoisotopic (exact) mass is 234 g/mol. The molecular formula is C12H18N4O. The molecule has 1 heterocycles. The Morgan fingerprint density at radius 2 is 2.24 bits per heavy atom. The number of nitrogens with zero attached hydrogens (tertiary/aromatic N) is 3. The lowest BCUT2D eigenvalue weighted by Crippen LogP contribution is -2.29. The van der Waals surface area contributed by atoms with Gasteiger partial charge in [0.05, 0.1) is 11.8 Å². The summed E-state index contributed by atoms with van der Waals surface area (Å²) in [6, 6.07) is 1.99. The van der Waals surface area contributed by atoms with E-state index in [0.29, 0.717) is 13.0 Å². The van der Waals surface area contributed by atoms with E-state index in [1.54, 1.807) is 4.68 Å². The number of carbonyl (C=O) groups excluding carboxylic acids is 1. The van der Waals surface area contributed by atoms with E-state index in [1.807, 2.05) is 33.9 Å². The Morgan fingerprint density at radius 1 is 1.59 bits per heavy atom. The van der Waals surface area contributed by atoms with Crippen molar-refractivity contribution in [3.05, 3.63) is 17.0 Å². The Kier molecular flexibility index (Phi) is 4.27. The van der Waals surface area contributed by atoms with Crippen molar-refractivity contribution < 1.29 is 4.79 Å². The Labute approximate surface area is 101 Å². The molecular weight excluding hydrogens is 216 g/mol. The minimum atomic E-state index is -0.563. The van der Waals surface area contributed by atoms with E-state index in [9.17, 15) is 4.79 Å². The summed E-state index contributed by atoms with van der Waals surface area (Å²) in [5.41, 5.74) is 2.97. The molecule has 1 amide bonds. The Bertz CT molecular complexity index is 456. The van der Waals surface area contributed by atoms with Crippen molar-refractivity contribution in [2.75, 3.05) is 0 Å². The zero-order chi connectivity index (χ0) is 13.0. The highest BCUT2D eigenvalue weighted by atomic mass is 16.1. The van der Waals surface area contributed by atoms with Gasteiger partial charge in [-0.2, -0.15) is 10.4 Å². The van der Waals surface area contributed by atoms with Crippen molar-refractivity contribution in [1.82, 2.24) is 15.1 Å². The first-order valence-corrected chi connectivity index (χ1v) is 5.67. The van der Waals surface area contributed by atoms with Crippen LogP contribution in [0, 0.1) is 31.1 Å². The highest BCUT2D eigenvalue weighted by molar-refractivity contribution is 5.80. The van der Waals surface area contributed by atoms with Gasteiger partial charge in [-0.25, -0.2) is 0 Å². The number of aromatic nitrogens is 2. The maximum absolute atomic E-state index is 11.6. The molecule has 1 N–H and O–H groups in total. The number of amides is 1. The predicted molar refractivity (Wildman–Crippen MR) is 63.9 cm³/mol. The first-order valence-electron chi connectivity index (χ1n) is 5.67. The summed E-state index contributed by atoms with van der Waals surface area (Å²) in [6.45, 7) is 6.13. The normalized spacial score (nSPS) is 11.9. The van der Waals surface area contributed by atoms with E-state index >= 15 is 0 Å². The summed E-state index contributed by atoms with van der Waals surface area (Å²) >= 11 is 0. The topological polar surface area (TPSA) is 70.7 Å². The summed E-state index contributed by atoms with van der Waals surface area (Å²) in [5, 5.41) is 15.8. The maximum atomic E-state index is 11.6. The SMILES string of the molecule is CCC(C#N)C(=O)NCc1c(C)nn(C)c1C. The van der Waals surface area contributed by atoms with E-state index in [2.05, 4.69) is 10.4 Å². The third kappa shape index (κ3) is 2.84. The number of carbonyl (C=O) groups is 1. The number of nitrogens with one attached hydrogen (secondary N) is 1. The molecule has 0 aliphatic heterocycles. The molecule has 0 fully saturated rings. The second-order valence-corrected chi connectivity index (χ2v) is 4.08. The lowest BCUT2D eigenvalue weighted by atomic mass is 10.1. The molecule has 0 aliphatic rings. The molecule has 17 heavy (non-hydrogen) atoms. The molecule has 1 rings (SSSR count). The second kappa shape index (κ2) is 5.48. The van der Waals surface area contributed by atoms with Gasteiger partial charge in [-0.15, -0.1) is 0 Å². The van der Waals surface area contributed by atoms with E-state index in [-0.39, 0.29) is 5.91 Å². The number of aryl methyl sites for hydroxylation is 2. The van der Waals surface area contributed by atoms with E-state index in [0.717, 1.165) is 17.0 Å². The van der Waals surface area contributed by atoms with Crippen LogP contribution >= 0.6 is 0 Å². The predicted octanol–water partition coefficient (Wildman–Crippen LogP) is 1.20. The average Bonchev–Trinajstić information content (AvgIpc) is 2.53. The van der Waals surface area contributed by atoms with Gasteiger partial charge < -0.3 is 5.32 Å². The van der Waals surface area contributed by atoms with Gasteiger partial charge >= 0.3 is 0 Å². The van der Waals surface area contributed by atoms with Crippen LogP contribution in [0.25, 0.3) is 0 Å². The summed E-state index contributed by atoms with van der Waals surface area (Å²) in [5.74, 6) is -0.773. The van der Waals surface area contributed by atoms with Crippen LogP contribution < -0.4 is 5.32 Å². The van der Waals surface area contributed by atoms with Crippen molar-refractivity contribution in [1.29, 1.82) is 5.26 Å². The molecule has 1 aromatic heterocycles. The van der Waals surface area contributed by atoms with Gasteiger partial charge in [0, 0.05) is 24.8 Å². The molecule has 0 bridgehead atoms. The van der Waals surface area contributed by atoms with Crippen LogP contribution in [0.3, 0.4) is 0 Å². The first kappa shape index (κ1) is 13.2. The Hall–Kier alpha value is -1.83. The lowest BCUT2D eigenvalue weighted by molar-refractivity contribution is -0.123. The van der Waals surface area contributed by atoms with Crippen molar-refractivity contribution in [2.24, 2.45) is 13.0 Å². The first-order chi connectivity index (χ1) is 8.01. The van der Waals surface area contributed by atoms with Crippen LogP contribution in [0.2, 0.25) is 0 Å².